The molecule has 2 rings (SSSR count). The summed E-state index contributed by atoms with van der Waals surface area (Å²) in [4.78, 5) is 35.1. The molecule has 1 aromatic carbocycles. The summed E-state index contributed by atoms with van der Waals surface area (Å²) in [5.41, 5.74) is 0.683. The third-order valence-corrected chi connectivity index (χ3v) is 4.49. The molecule has 1 saturated heterocycles. The average molecular weight is 552 g/mol. The summed E-state index contributed by atoms with van der Waals surface area (Å²) in [6.45, 7) is -0.541. The molecule has 0 aromatic heterocycles. The molecule has 1 aromatic rings. The van der Waals surface area contributed by atoms with Crippen LogP contribution in [-0.2, 0) is 9.59 Å². The molecule has 1 heterocycles. The van der Waals surface area contributed by atoms with E-state index < -0.39 is 24.5 Å². The minimum atomic E-state index is -1.26. The van der Waals surface area contributed by atoms with Crippen molar-refractivity contribution in [2.45, 2.75) is 0 Å². The summed E-state index contributed by atoms with van der Waals surface area (Å²) in [5.74, 6) is 1.09. The minimum Gasteiger partial charge on any atom is -0.480 e. The van der Waals surface area contributed by atoms with E-state index in [1.165, 1.54) is 6.08 Å². The summed E-state index contributed by atoms with van der Waals surface area (Å²) < 4.78 is 7.04. The average Bonchev–Trinajstić information content (AvgIpc) is 2.74. The minimum absolute atomic E-state index is 0.0187. The van der Waals surface area contributed by atoms with Crippen molar-refractivity contribution in [3.63, 3.8) is 0 Å². The summed E-state index contributed by atoms with van der Waals surface area (Å²) in [7, 11) is 0. The lowest BCUT2D eigenvalue weighted by molar-refractivity contribution is -0.140. The highest BCUT2D eigenvalue weighted by molar-refractivity contribution is 14.1. The van der Waals surface area contributed by atoms with E-state index in [1.54, 1.807) is 12.1 Å². The number of nitrogens with zero attached hydrogens (tertiary/aromatic N) is 1. The number of hydrogen-bond donors (Lipinski definition) is 2. The van der Waals surface area contributed by atoms with E-state index in [1.807, 2.05) is 0 Å². The Morgan fingerprint density at radius 2 is 2.00 bits per heavy atom. The van der Waals surface area contributed by atoms with E-state index >= 15 is 0 Å². The smallest absolute Gasteiger partial charge is 0.329 e. The number of amides is 3. The zero-order valence-electron chi connectivity index (χ0n) is 12.0. The van der Waals surface area contributed by atoms with E-state index in [-0.39, 0.29) is 12.3 Å². The molecule has 9 heteroatoms. The summed E-state index contributed by atoms with van der Waals surface area (Å²) in [5, 5.41) is 11.1. The number of carbonyl (C=O) groups is 3. The molecule has 0 saturated carbocycles. The molecule has 0 atom stereocenters. The van der Waals surface area contributed by atoms with Crippen molar-refractivity contribution < 1.29 is 24.2 Å². The first-order chi connectivity index (χ1) is 11.3. The highest BCUT2D eigenvalue weighted by atomic mass is 127. The molecule has 1 aliphatic rings. The van der Waals surface area contributed by atoms with Gasteiger partial charge in [0.2, 0.25) is 0 Å². The standard InChI is InChI=1S/C15H10I2N2O5/c1-2-3-24-13-9(16)4-8(5-10(13)17)6-11-14(22)19(7-12(20)21)15(23)18-11/h1,4-6H,3,7H2,(H,18,23)(H,20,21)/b11-6+. The van der Waals surface area contributed by atoms with Crippen molar-refractivity contribution >= 4 is 69.2 Å². The number of carbonyl (C=O) groups excluding carboxylic acids is 2. The topological polar surface area (TPSA) is 95.9 Å². The molecule has 0 unspecified atom stereocenters. The van der Waals surface area contributed by atoms with Crippen LogP contribution in [0.2, 0.25) is 0 Å². The maximum atomic E-state index is 12.1. The van der Waals surface area contributed by atoms with Gasteiger partial charge in [-0.1, -0.05) is 5.92 Å². The fraction of sp³-hybridized carbons (Fsp3) is 0.133. The van der Waals surface area contributed by atoms with Crippen LogP contribution in [0.1, 0.15) is 5.56 Å². The maximum absolute atomic E-state index is 12.1. The molecular formula is C15H10I2N2O5. The summed E-state index contributed by atoms with van der Waals surface area (Å²) >= 11 is 4.16. The largest absolute Gasteiger partial charge is 0.480 e. The first kappa shape index (κ1) is 18.5. The SMILES string of the molecule is C#CCOc1c(I)cc(/C=C2/NC(=O)N(CC(=O)O)C2=O)cc1I. The van der Waals surface area contributed by atoms with Gasteiger partial charge in [-0.2, -0.15) is 0 Å². The predicted octanol–water partition coefficient (Wildman–Crippen LogP) is 1.89. The van der Waals surface area contributed by atoms with Crippen LogP contribution >= 0.6 is 45.2 Å². The monoisotopic (exact) mass is 552 g/mol. The lowest BCUT2D eigenvalue weighted by Gasteiger charge is -2.09. The molecule has 0 bridgehead atoms. The molecule has 7 nitrogen and oxygen atoms in total. The Kier molecular flexibility index (Phi) is 6.05. The Bertz CT molecular complexity index is 775. The number of nitrogens with one attached hydrogen (secondary N) is 1. The van der Waals surface area contributed by atoms with E-state index in [0.29, 0.717) is 16.2 Å². The molecule has 124 valence electrons. The second-order valence-electron chi connectivity index (χ2n) is 4.58. The van der Waals surface area contributed by atoms with Crippen LogP contribution in [-0.4, -0.2) is 41.1 Å². The molecule has 1 aliphatic heterocycles. The first-order valence-corrected chi connectivity index (χ1v) is 8.61. The van der Waals surface area contributed by atoms with Crippen molar-refractivity contribution in [3.8, 4) is 18.1 Å². The third kappa shape index (κ3) is 4.18. The molecule has 0 spiro atoms. The van der Waals surface area contributed by atoms with Crippen molar-refractivity contribution in [1.29, 1.82) is 0 Å². The zero-order valence-corrected chi connectivity index (χ0v) is 16.3. The number of ether oxygens (including phenoxy) is 1. The quantitative estimate of drug-likeness (QED) is 0.252. The Morgan fingerprint density at radius 3 is 2.54 bits per heavy atom. The number of urea groups is 1. The van der Waals surface area contributed by atoms with Gasteiger partial charge < -0.3 is 15.2 Å². The van der Waals surface area contributed by atoms with Gasteiger partial charge in [0.15, 0.2) is 0 Å². The van der Waals surface area contributed by atoms with Crippen molar-refractivity contribution in [2.75, 3.05) is 13.2 Å². The molecule has 0 radical (unpaired) electrons. The highest BCUT2D eigenvalue weighted by Gasteiger charge is 2.34. The van der Waals surface area contributed by atoms with Gasteiger partial charge in [0.25, 0.3) is 5.91 Å². The van der Waals surface area contributed by atoms with Crippen molar-refractivity contribution in [2.24, 2.45) is 0 Å². The Balaban J connectivity index is 2.29. The maximum Gasteiger partial charge on any atom is 0.329 e. The number of rotatable bonds is 5. The zero-order chi connectivity index (χ0) is 17.9. The third-order valence-electron chi connectivity index (χ3n) is 2.89. The number of terminal acetylenes is 1. The number of benzene rings is 1. The van der Waals surface area contributed by atoms with Gasteiger partial charge in [-0.3, -0.25) is 9.59 Å². The first-order valence-electron chi connectivity index (χ1n) is 6.45. The number of carboxylic acid groups (broad SMARTS) is 1. The predicted molar refractivity (Wildman–Crippen MR) is 102 cm³/mol. The number of aliphatic carboxylic acids is 1. The van der Waals surface area contributed by atoms with E-state index in [4.69, 9.17) is 16.3 Å². The van der Waals surface area contributed by atoms with Crippen LogP contribution in [0.5, 0.6) is 5.75 Å². The number of imide groups is 1. The van der Waals surface area contributed by atoms with Crippen LogP contribution < -0.4 is 10.1 Å². The van der Waals surface area contributed by atoms with Gasteiger partial charge in [-0.15, -0.1) is 6.42 Å². The van der Waals surface area contributed by atoms with Crippen LogP contribution in [0.15, 0.2) is 17.8 Å². The van der Waals surface area contributed by atoms with E-state index in [9.17, 15) is 14.4 Å². The second kappa shape index (κ2) is 7.84. The lowest BCUT2D eigenvalue weighted by atomic mass is 10.2. The van der Waals surface area contributed by atoms with Gasteiger partial charge in [0, 0.05) is 0 Å². The van der Waals surface area contributed by atoms with Gasteiger partial charge in [0.05, 0.1) is 7.14 Å². The number of carboxylic acids is 1. The second-order valence-corrected chi connectivity index (χ2v) is 6.90. The fourth-order valence-electron chi connectivity index (χ4n) is 1.93. The van der Waals surface area contributed by atoms with Gasteiger partial charge >= 0.3 is 12.0 Å². The molecule has 0 aliphatic carbocycles. The molecule has 24 heavy (non-hydrogen) atoms. The Labute approximate surface area is 164 Å². The Morgan fingerprint density at radius 1 is 1.38 bits per heavy atom. The fourth-order valence-corrected chi connectivity index (χ4v) is 4.06. The van der Waals surface area contributed by atoms with Crippen LogP contribution in [0, 0.1) is 19.5 Å². The van der Waals surface area contributed by atoms with E-state index in [0.717, 1.165) is 7.14 Å². The number of halogens is 2. The van der Waals surface area contributed by atoms with Gasteiger partial charge in [0.1, 0.15) is 24.6 Å². The van der Waals surface area contributed by atoms with Crippen LogP contribution in [0.3, 0.4) is 0 Å². The number of hydrogen-bond acceptors (Lipinski definition) is 4. The van der Waals surface area contributed by atoms with Crippen LogP contribution in [0.4, 0.5) is 4.79 Å². The van der Waals surface area contributed by atoms with Crippen molar-refractivity contribution in [3.05, 3.63) is 30.5 Å². The molecule has 3 amide bonds. The summed E-state index contributed by atoms with van der Waals surface area (Å²) in [6.07, 6.45) is 6.66. The van der Waals surface area contributed by atoms with E-state index in [2.05, 4.69) is 56.4 Å². The molecule has 2 N–H and O–H groups in total. The van der Waals surface area contributed by atoms with Crippen LogP contribution in [0.25, 0.3) is 6.08 Å². The highest BCUT2D eigenvalue weighted by Crippen LogP contribution is 2.30. The normalized spacial score (nSPS) is 15.4. The molecule has 1 fully saturated rings. The Hall–Kier alpha value is -1.81. The van der Waals surface area contributed by atoms with Gasteiger partial charge in [-0.25, -0.2) is 9.69 Å². The van der Waals surface area contributed by atoms with Crippen molar-refractivity contribution in [1.82, 2.24) is 10.2 Å². The molecular weight excluding hydrogens is 542 g/mol. The summed E-state index contributed by atoms with van der Waals surface area (Å²) in [6, 6.07) is 2.77. The van der Waals surface area contributed by atoms with Gasteiger partial charge in [-0.05, 0) is 69.0 Å². The lowest BCUT2D eigenvalue weighted by Crippen LogP contribution is -2.35.